The molecule has 0 aromatic rings. The van der Waals surface area contributed by atoms with E-state index in [0.717, 1.165) is 19.5 Å². The van der Waals surface area contributed by atoms with Crippen LogP contribution in [0.3, 0.4) is 0 Å². The summed E-state index contributed by atoms with van der Waals surface area (Å²) in [6.07, 6.45) is 1.35. The van der Waals surface area contributed by atoms with Gasteiger partial charge in [0.05, 0.1) is 6.61 Å². The third kappa shape index (κ3) is 4.08. The van der Waals surface area contributed by atoms with Crippen molar-refractivity contribution in [1.29, 1.82) is 0 Å². The lowest BCUT2D eigenvalue weighted by Crippen LogP contribution is -2.45. The molecule has 5 nitrogen and oxygen atoms in total. The number of carbonyl (C=O) groups excluding carboxylic acids is 1. The Hall–Kier alpha value is -0.650. The fraction of sp³-hybridized carbons (Fsp3) is 0.909. The van der Waals surface area contributed by atoms with E-state index in [1.165, 1.54) is 0 Å². The number of ether oxygens (including phenoxy) is 2. The predicted octanol–water partition coefficient (Wildman–Crippen LogP) is -0.0923. The van der Waals surface area contributed by atoms with Crippen LogP contribution in [-0.4, -0.2) is 51.5 Å². The molecule has 0 aromatic carbocycles. The first-order valence-electron chi connectivity index (χ1n) is 5.83. The zero-order valence-electron chi connectivity index (χ0n) is 10.2. The Labute approximate surface area is 96.9 Å². The number of amides is 1. The van der Waals surface area contributed by atoms with Gasteiger partial charge in [0.2, 0.25) is 5.91 Å². The van der Waals surface area contributed by atoms with Gasteiger partial charge in [0.1, 0.15) is 5.60 Å². The topological polar surface area (TPSA) is 59.6 Å². The van der Waals surface area contributed by atoms with E-state index >= 15 is 0 Å². The van der Waals surface area contributed by atoms with Crippen molar-refractivity contribution in [2.24, 2.45) is 0 Å². The van der Waals surface area contributed by atoms with Gasteiger partial charge >= 0.3 is 0 Å². The van der Waals surface area contributed by atoms with Gasteiger partial charge in [-0.2, -0.15) is 0 Å². The number of nitrogens with one attached hydrogen (secondary N) is 2. The molecule has 5 heteroatoms. The summed E-state index contributed by atoms with van der Waals surface area (Å²) in [5.74, 6) is 0.0595. The molecule has 0 radical (unpaired) electrons. The highest BCUT2D eigenvalue weighted by atomic mass is 16.5. The first-order valence-corrected chi connectivity index (χ1v) is 5.83. The van der Waals surface area contributed by atoms with Crippen LogP contribution in [0, 0.1) is 0 Å². The molecule has 94 valence electrons. The summed E-state index contributed by atoms with van der Waals surface area (Å²) in [7, 11) is 1.67. The monoisotopic (exact) mass is 230 g/mol. The van der Waals surface area contributed by atoms with Gasteiger partial charge in [-0.15, -0.1) is 0 Å². The van der Waals surface area contributed by atoms with Gasteiger partial charge < -0.3 is 20.1 Å². The van der Waals surface area contributed by atoms with E-state index in [0.29, 0.717) is 26.2 Å². The van der Waals surface area contributed by atoms with Crippen molar-refractivity contribution in [2.45, 2.75) is 25.4 Å². The van der Waals surface area contributed by atoms with Crippen LogP contribution >= 0.6 is 0 Å². The van der Waals surface area contributed by atoms with E-state index in [9.17, 15) is 4.79 Å². The molecule has 0 bridgehead atoms. The maximum atomic E-state index is 11.5. The number of rotatable bonds is 7. The van der Waals surface area contributed by atoms with E-state index in [1.54, 1.807) is 7.11 Å². The summed E-state index contributed by atoms with van der Waals surface area (Å²) in [5, 5.41) is 6.01. The highest BCUT2D eigenvalue weighted by molar-refractivity contribution is 5.76. The van der Waals surface area contributed by atoms with Gasteiger partial charge in [0, 0.05) is 39.6 Å². The predicted molar refractivity (Wildman–Crippen MR) is 61.3 cm³/mol. The van der Waals surface area contributed by atoms with Gasteiger partial charge in [-0.05, 0) is 6.54 Å². The van der Waals surface area contributed by atoms with Crippen molar-refractivity contribution in [3.8, 4) is 0 Å². The second kappa shape index (κ2) is 6.83. The van der Waals surface area contributed by atoms with E-state index in [-0.39, 0.29) is 11.5 Å². The van der Waals surface area contributed by atoms with Crippen LogP contribution < -0.4 is 10.6 Å². The summed E-state index contributed by atoms with van der Waals surface area (Å²) in [6.45, 7) is 5.45. The van der Waals surface area contributed by atoms with E-state index in [1.807, 2.05) is 6.92 Å². The quantitative estimate of drug-likeness (QED) is 0.600. The van der Waals surface area contributed by atoms with Gasteiger partial charge in [0.25, 0.3) is 0 Å². The molecule has 0 spiro atoms. The highest BCUT2D eigenvalue weighted by Gasteiger charge is 2.35. The molecular weight excluding hydrogens is 208 g/mol. The normalized spacial score (nSPS) is 24.6. The molecule has 2 N–H and O–H groups in total. The Morgan fingerprint density at radius 3 is 2.94 bits per heavy atom. The lowest BCUT2D eigenvalue weighted by atomic mass is 10.0. The summed E-state index contributed by atoms with van der Waals surface area (Å²) in [6, 6.07) is 0. The van der Waals surface area contributed by atoms with Gasteiger partial charge in [-0.3, -0.25) is 4.79 Å². The standard InChI is InChI=1S/C11H22N2O3/c1-3-12-6-4-10(14)13-8-11(15-2)5-7-16-9-11/h12H,3-9H2,1-2H3,(H,13,14). The maximum Gasteiger partial charge on any atom is 0.221 e. The van der Waals surface area contributed by atoms with Gasteiger partial charge in [-0.25, -0.2) is 0 Å². The second-order valence-corrected chi connectivity index (χ2v) is 4.07. The SMILES string of the molecule is CCNCCC(=O)NCC1(OC)CCOC1. The van der Waals surface area contributed by atoms with E-state index in [2.05, 4.69) is 10.6 Å². The first kappa shape index (κ1) is 13.4. The molecule has 1 unspecified atom stereocenters. The van der Waals surface area contributed by atoms with Crippen molar-refractivity contribution in [2.75, 3.05) is 40.0 Å². The Morgan fingerprint density at radius 2 is 2.38 bits per heavy atom. The molecule has 1 atom stereocenters. The van der Waals surface area contributed by atoms with Crippen molar-refractivity contribution in [3.63, 3.8) is 0 Å². The van der Waals surface area contributed by atoms with Crippen molar-refractivity contribution in [3.05, 3.63) is 0 Å². The zero-order chi connectivity index (χ0) is 11.9. The minimum absolute atomic E-state index is 0.0595. The molecule has 16 heavy (non-hydrogen) atoms. The molecule has 1 amide bonds. The fourth-order valence-corrected chi connectivity index (χ4v) is 1.69. The number of hydrogen-bond donors (Lipinski definition) is 2. The van der Waals surface area contributed by atoms with Gasteiger partial charge in [-0.1, -0.05) is 6.92 Å². The smallest absolute Gasteiger partial charge is 0.221 e. The molecule has 0 saturated carbocycles. The first-order chi connectivity index (χ1) is 7.72. The van der Waals surface area contributed by atoms with Crippen LogP contribution in [0.2, 0.25) is 0 Å². The Morgan fingerprint density at radius 1 is 1.56 bits per heavy atom. The van der Waals surface area contributed by atoms with E-state index < -0.39 is 0 Å². The van der Waals surface area contributed by atoms with Crippen LogP contribution in [0.4, 0.5) is 0 Å². The largest absolute Gasteiger partial charge is 0.378 e. The number of methoxy groups -OCH3 is 1. The summed E-state index contributed by atoms with van der Waals surface area (Å²) in [4.78, 5) is 11.5. The number of carbonyl (C=O) groups is 1. The minimum atomic E-state index is -0.312. The van der Waals surface area contributed by atoms with Crippen molar-refractivity contribution >= 4 is 5.91 Å². The van der Waals surface area contributed by atoms with Crippen LogP contribution in [0.25, 0.3) is 0 Å². The second-order valence-electron chi connectivity index (χ2n) is 4.07. The molecule has 1 rings (SSSR count). The third-order valence-corrected chi connectivity index (χ3v) is 2.89. The lowest BCUT2D eigenvalue weighted by Gasteiger charge is -2.25. The highest BCUT2D eigenvalue weighted by Crippen LogP contribution is 2.21. The summed E-state index contributed by atoms with van der Waals surface area (Å²) >= 11 is 0. The lowest BCUT2D eigenvalue weighted by molar-refractivity contribution is -0.122. The number of hydrogen-bond acceptors (Lipinski definition) is 4. The zero-order valence-corrected chi connectivity index (χ0v) is 10.2. The van der Waals surface area contributed by atoms with Crippen LogP contribution in [-0.2, 0) is 14.3 Å². The molecule has 1 fully saturated rings. The average Bonchev–Trinajstić information content (AvgIpc) is 2.76. The van der Waals surface area contributed by atoms with E-state index in [4.69, 9.17) is 9.47 Å². The third-order valence-electron chi connectivity index (χ3n) is 2.89. The summed E-state index contributed by atoms with van der Waals surface area (Å²) in [5.41, 5.74) is -0.312. The van der Waals surface area contributed by atoms with Crippen LogP contribution in [0.5, 0.6) is 0 Å². The molecule has 1 heterocycles. The Balaban J connectivity index is 2.19. The average molecular weight is 230 g/mol. The Kier molecular flexibility index (Phi) is 5.73. The van der Waals surface area contributed by atoms with Gasteiger partial charge in [0.15, 0.2) is 0 Å². The maximum absolute atomic E-state index is 11.5. The molecule has 0 aromatic heterocycles. The summed E-state index contributed by atoms with van der Waals surface area (Å²) < 4.78 is 10.7. The molecule has 1 saturated heterocycles. The van der Waals surface area contributed by atoms with Crippen LogP contribution in [0.1, 0.15) is 19.8 Å². The molecule has 1 aliphatic heterocycles. The molecule has 1 aliphatic rings. The van der Waals surface area contributed by atoms with Crippen molar-refractivity contribution in [1.82, 2.24) is 10.6 Å². The Bertz CT molecular complexity index is 215. The minimum Gasteiger partial charge on any atom is -0.378 e. The molecule has 0 aliphatic carbocycles. The fourth-order valence-electron chi connectivity index (χ4n) is 1.69. The van der Waals surface area contributed by atoms with Crippen LogP contribution in [0.15, 0.2) is 0 Å². The van der Waals surface area contributed by atoms with Crippen molar-refractivity contribution < 1.29 is 14.3 Å². The molecular formula is C11H22N2O3.